The van der Waals surface area contributed by atoms with Crippen LogP contribution in [-0.4, -0.2) is 29.0 Å². The van der Waals surface area contributed by atoms with Gasteiger partial charge < -0.3 is 15.5 Å². The SMILES string of the molecule is CCC(C(=O)Nc1ccc(Nc2nc(C)cc(N(CC)CC)n2)cc1)c1ccccc1. The Hall–Kier alpha value is -3.41. The van der Waals surface area contributed by atoms with E-state index in [-0.39, 0.29) is 11.8 Å². The number of aromatic nitrogens is 2. The smallest absolute Gasteiger partial charge is 0.231 e. The van der Waals surface area contributed by atoms with Crippen molar-refractivity contribution in [3.8, 4) is 0 Å². The topological polar surface area (TPSA) is 70.2 Å². The van der Waals surface area contributed by atoms with Crippen LogP contribution >= 0.6 is 0 Å². The number of aryl methyl sites for hydroxylation is 1. The van der Waals surface area contributed by atoms with E-state index < -0.39 is 0 Å². The molecule has 0 fully saturated rings. The summed E-state index contributed by atoms with van der Waals surface area (Å²) in [5, 5.41) is 6.29. The molecule has 1 amide bonds. The molecule has 0 saturated heterocycles. The van der Waals surface area contributed by atoms with Crippen LogP contribution in [0.1, 0.15) is 44.4 Å². The highest BCUT2D eigenvalue weighted by Gasteiger charge is 2.18. The first-order chi connectivity index (χ1) is 15.0. The van der Waals surface area contributed by atoms with E-state index in [1.54, 1.807) is 0 Å². The summed E-state index contributed by atoms with van der Waals surface area (Å²) in [6.07, 6.45) is 0.745. The highest BCUT2D eigenvalue weighted by Crippen LogP contribution is 2.23. The summed E-state index contributed by atoms with van der Waals surface area (Å²) in [6, 6.07) is 19.5. The summed E-state index contributed by atoms with van der Waals surface area (Å²) < 4.78 is 0. The largest absolute Gasteiger partial charge is 0.357 e. The van der Waals surface area contributed by atoms with Gasteiger partial charge in [0.15, 0.2) is 0 Å². The second-order valence-corrected chi connectivity index (χ2v) is 7.43. The molecule has 0 aliphatic heterocycles. The van der Waals surface area contributed by atoms with Crippen LogP contribution in [0.2, 0.25) is 0 Å². The van der Waals surface area contributed by atoms with E-state index in [1.807, 2.05) is 74.5 Å². The number of carbonyl (C=O) groups is 1. The van der Waals surface area contributed by atoms with E-state index >= 15 is 0 Å². The Balaban J connectivity index is 1.69. The molecule has 0 aliphatic carbocycles. The molecular weight excluding hydrogens is 386 g/mol. The summed E-state index contributed by atoms with van der Waals surface area (Å²) in [6.45, 7) is 10.0. The Labute approximate surface area is 184 Å². The first kappa shape index (κ1) is 22.3. The third kappa shape index (κ3) is 5.81. The summed E-state index contributed by atoms with van der Waals surface area (Å²) in [4.78, 5) is 24.1. The summed E-state index contributed by atoms with van der Waals surface area (Å²) in [7, 11) is 0. The standard InChI is InChI=1S/C25H31N5O/c1-5-22(19-11-9-8-10-12-19)24(31)27-20-13-15-21(16-14-20)28-25-26-18(4)17-23(29-25)30(6-2)7-3/h8-17,22H,5-7H2,1-4H3,(H,27,31)(H,26,28,29). The molecule has 0 aliphatic rings. The van der Waals surface area contributed by atoms with Crippen molar-refractivity contribution >= 4 is 29.0 Å². The lowest BCUT2D eigenvalue weighted by atomic mass is 9.95. The van der Waals surface area contributed by atoms with E-state index in [2.05, 4.69) is 39.3 Å². The average molecular weight is 418 g/mol. The molecule has 6 nitrogen and oxygen atoms in total. The summed E-state index contributed by atoms with van der Waals surface area (Å²) in [5.41, 5.74) is 3.57. The zero-order valence-corrected chi connectivity index (χ0v) is 18.7. The monoisotopic (exact) mass is 417 g/mol. The van der Waals surface area contributed by atoms with E-state index in [9.17, 15) is 4.79 Å². The van der Waals surface area contributed by atoms with Gasteiger partial charge in [-0.05, 0) is 57.0 Å². The average Bonchev–Trinajstić information content (AvgIpc) is 2.77. The predicted molar refractivity (Wildman–Crippen MR) is 128 cm³/mol. The maximum Gasteiger partial charge on any atom is 0.231 e. The summed E-state index contributed by atoms with van der Waals surface area (Å²) >= 11 is 0. The lowest BCUT2D eigenvalue weighted by Gasteiger charge is -2.20. The third-order valence-corrected chi connectivity index (χ3v) is 5.26. The number of nitrogens with one attached hydrogen (secondary N) is 2. The van der Waals surface area contributed by atoms with E-state index in [4.69, 9.17) is 0 Å². The van der Waals surface area contributed by atoms with Crippen molar-refractivity contribution in [2.75, 3.05) is 28.6 Å². The molecule has 1 unspecified atom stereocenters. The minimum absolute atomic E-state index is 0.000270. The molecular formula is C25H31N5O. The number of benzene rings is 2. The van der Waals surface area contributed by atoms with Crippen molar-refractivity contribution in [2.45, 2.75) is 40.0 Å². The van der Waals surface area contributed by atoms with Gasteiger partial charge in [-0.2, -0.15) is 4.98 Å². The number of hydrogen-bond donors (Lipinski definition) is 2. The molecule has 3 aromatic rings. The molecule has 6 heteroatoms. The molecule has 1 aromatic heterocycles. The fourth-order valence-corrected chi connectivity index (χ4v) is 3.57. The molecule has 2 N–H and O–H groups in total. The fraction of sp³-hybridized carbons (Fsp3) is 0.320. The van der Waals surface area contributed by atoms with Crippen molar-refractivity contribution in [3.05, 3.63) is 71.9 Å². The van der Waals surface area contributed by atoms with Crippen LogP contribution in [0.4, 0.5) is 23.1 Å². The van der Waals surface area contributed by atoms with Crippen LogP contribution in [0.15, 0.2) is 60.7 Å². The van der Waals surface area contributed by atoms with Gasteiger partial charge in [0.25, 0.3) is 0 Å². The minimum Gasteiger partial charge on any atom is -0.357 e. The van der Waals surface area contributed by atoms with E-state index in [0.717, 1.165) is 48.0 Å². The lowest BCUT2D eigenvalue weighted by Crippen LogP contribution is -2.23. The first-order valence-corrected chi connectivity index (χ1v) is 10.9. The van der Waals surface area contributed by atoms with Crippen LogP contribution in [0.3, 0.4) is 0 Å². The molecule has 31 heavy (non-hydrogen) atoms. The molecule has 162 valence electrons. The Morgan fingerprint density at radius 2 is 1.58 bits per heavy atom. The molecule has 0 radical (unpaired) electrons. The predicted octanol–water partition coefficient (Wildman–Crippen LogP) is 5.51. The van der Waals surface area contributed by atoms with Gasteiger partial charge in [0.1, 0.15) is 5.82 Å². The maximum atomic E-state index is 12.8. The molecule has 2 aromatic carbocycles. The minimum atomic E-state index is -0.168. The Kier molecular flexibility index (Phi) is 7.60. The molecule has 0 saturated carbocycles. The first-order valence-electron chi connectivity index (χ1n) is 10.9. The van der Waals surface area contributed by atoms with Crippen LogP contribution in [0.5, 0.6) is 0 Å². The van der Waals surface area contributed by atoms with E-state index in [1.165, 1.54) is 0 Å². The number of carbonyl (C=O) groups excluding carboxylic acids is 1. The van der Waals surface area contributed by atoms with E-state index in [0.29, 0.717) is 5.95 Å². The van der Waals surface area contributed by atoms with Gasteiger partial charge in [-0.15, -0.1) is 0 Å². The van der Waals surface area contributed by atoms with Gasteiger partial charge in [-0.3, -0.25) is 4.79 Å². The summed E-state index contributed by atoms with van der Waals surface area (Å²) in [5.74, 6) is 1.31. The normalized spacial score (nSPS) is 11.6. The molecule has 0 bridgehead atoms. The second-order valence-electron chi connectivity index (χ2n) is 7.43. The number of rotatable bonds is 9. The fourth-order valence-electron chi connectivity index (χ4n) is 3.57. The van der Waals surface area contributed by atoms with Crippen molar-refractivity contribution in [1.82, 2.24) is 9.97 Å². The molecule has 1 atom stereocenters. The maximum absolute atomic E-state index is 12.8. The molecule has 3 rings (SSSR count). The van der Waals surface area contributed by atoms with Gasteiger partial charge in [0.2, 0.25) is 11.9 Å². The number of anilines is 4. The van der Waals surface area contributed by atoms with Crippen molar-refractivity contribution in [1.29, 1.82) is 0 Å². The second kappa shape index (κ2) is 10.6. The van der Waals surface area contributed by atoms with Gasteiger partial charge in [-0.25, -0.2) is 4.98 Å². The van der Waals surface area contributed by atoms with Crippen molar-refractivity contribution in [2.24, 2.45) is 0 Å². The Bertz CT molecular complexity index is 985. The van der Waals surface area contributed by atoms with Crippen LogP contribution in [0, 0.1) is 6.92 Å². The zero-order chi connectivity index (χ0) is 22.2. The Morgan fingerprint density at radius 1 is 0.935 bits per heavy atom. The van der Waals surface area contributed by atoms with Crippen molar-refractivity contribution < 1.29 is 4.79 Å². The number of amides is 1. The quantitative estimate of drug-likeness (QED) is 0.481. The van der Waals surface area contributed by atoms with Crippen molar-refractivity contribution in [3.63, 3.8) is 0 Å². The van der Waals surface area contributed by atoms with Gasteiger partial charge >= 0.3 is 0 Å². The number of nitrogens with zero attached hydrogens (tertiary/aromatic N) is 3. The molecule has 0 spiro atoms. The number of hydrogen-bond acceptors (Lipinski definition) is 5. The van der Waals surface area contributed by atoms with Gasteiger partial charge in [-0.1, -0.05) is 37.3 Å². The van der Waals surface area contributed by atoms with Crippen LogP contribution < -0.4 is 15.5 Å². The van der Waals surface area contributed by atoms with Crippen LogP contribution in [-0.2, 0) is 4.79 Å². The molecule has 1 heterocycles. The highest BCUT2D eigenvalue weighted by molar-refractivity contribution is 5.96. The van der Waals surface area contributed by atoms with Gasteiger partial charge in [0.05, 0.1) is 5.92 Å². The highest BCUT2D eigenvalue weighted by atomic mass is 16.1. The lowest BCUT2D eigenvalue weighted by molar-refractivity contribution is -0.117. The third-order valence-electron chi connectivity index (χ3n) is 5.26. The zero-order valence-electron chi connectivity index (χ0n) is 18.7. The Morgan fingerprint density at radius 3 is 2.19 bits per heavy atom. The van der Waals surface area contributed by atoms with Gasteiger partial charge in [0, 0.05) is 36.2 Å². The van der Waals surface area contributed by atoms with Crippen LogP contribution in [0.25, 0.3) is 0 Å².